The van der Waals surface area contributed by atoms with Crippen LogP contribution in [0.25, 0.3) is 0 Å². The molecular formula is C8H14NO3-. The molecule has 70 valence electrons. The Hall–Kier alpha value is -0.610. The Morgan fingerprint density at radius 1 is 1.67 bits per heavy atom. The SMILES string of the molecule is O=C(O)CCC1CCCN([O-])C1. The summed E-state index contributed by atoms with van der Waals surface area (Å²) >= 11 is 0. The summed E-state index contributed by atoms with van der Waals surface area (Å²) in [6.45, 7) is 1.14. The van der Waals surface area contributed by atoms with E-state index in [2.05, 4.69) is 0 Å². The second-order valence-electron chi connectivity index (χ2n) is 3.33. The lowest BCUT2D eigenvalue weighted by molar-refractivity contribution is -0.137. The first-order valence-corrected chi connectivity index (χ1v) is 4.32. The van der Waals surface area contributed by atoms with Crippen LogP contribution >= 0.6 is 0 Å². The third kappa shape index (κ3) is 3.19. The van der Waals surface area contributed by atoms with E-state index in [-0.39, 0.29) is 6.42 Å². The van der Waals surface area contributed by atoms with Crippen molar-refractivity contribution in [2.45, 2.75) is 25.7 Å². The van der Waals surface area contributed by atoms with E-state index >= 15 is 0 Å². The summed E-state index contributed by atoms with van der Waals surface area (Å²) in [4.78, 5) is 10.2. The predicted molar refractivity (Wildman–Crippen MR) is 44.5 cm³/mol. The highest BCUT2D eigenvalue weighted by molar-refractivity contribution is 5.66. The van der Waals surface area contributed by atoms with Crippen molar-refractivity contribution in [3.8, 4) is 0 Å². The molecule has 1 unspecified atom stereocenters. The van der Waals surface area contributed by atoms with Gasteiger partial charge in [0.05, 0.1) is 0 Å². The van der Waals surface area contributed by atoms with Gasteiger partial charge < -0.3 is 15.4 Å². The number of carboxylic acids is 1. The summed E-state index contributed by atoms with van der Waals surface area (Å²) in [7, 11) is 0. The van der Waals surface area contributed by atoms with Gasteiger partial charge in [-0.3, -0.25) is 4.79 Å². The topological polar surface area (TPSA) is 63.6 Å². The Balaban J connectivity index is 2.18. The van der Waals surface area contributed by atoms with E-state index in [0.717, 1.165) is 17.9 Å². The minimum atomic E-state index is -0.766. The summed E-state index contributed by atoms with van der Waals surface area (Å²) in [5.74, 6) is -0.467. The number of hydrogen-bond donors (Lipinski definition) is 1. The van der Waals surface area contributed by atoms with E-state index in [1.54, 1.807) is 0 Å². The highest BCUT2D eigenvalue weighted by atomic mass is 16.5. The zero-order valence-electron chi connectivity index (χ0n) is 7.03. The van der Waals surface area contributed by atoms with Crippen LogP contribution in [0.4, 0.5) is 0 Å². The van der Waals surface area contributed by atoms with Crippen molar-refractivity contribution in [3.63, 3.8) is 0 Å². The van der Waals surface area contributed by atoms with Crippen molar-refractivity contribution in [2.24, 2.45) is 5.92 Å². The molecular weight excluding hydrogens is 158 g/mol. The van der Waals surface area contributed by atoms with Crippen LogP contribution in [-0.4, -0.2) is 29.2 Å². The minimum absolute atomic E-state index is 0.193. The molecule has 1 heterocycles. The third-order valence-electron chi connectivity index (χ3n) is 2.25. The van der Waals surface area contributed by atoms with Crippen molar-refractivity contribution in [1.29, 1.82) is 0 Å². The maximum Gasteiger partial charge on any atom is 0.303 e. The van der Waals surface area contributed by atoms with Crippen molar-refractivity contribution in [2.75, 3.05) is 13.1 Å². The number of hydrogen-bond acceptors (Lipinski definition) is 3. The average Bonchev–Trinajstić information content (AvgIpc) is 2.01. The normalized spacial score (nSPS) is 25.6. The van der Waals surface area contributed by atoms with Crippen LogP contribution in [-0.2, 0) is 4.79 Å². The van der Waals surface area contributed by atoms with Gasteiger partial charge in [0.2, 0.25) is 0 Å². The minimum Gasteiger partial charge on any atom is -0.785 e. The van der Waals surface area contributed by atoms with Crippen LogP contribution < -0.4 is 0 Å². The van der Waals surface area contributed by atoms with Crippen molar-refractivity contribution >= 4 is 5.97 Å². The average molecular weight is 172 g/mol. The third-order valence-corrected chi connectivity index (χ3v) is 2.25. The van der Waals surface area contributed by atoms with Gasteiger partial charge in [0.15, 0.2) is 0 Å². The van der Waals surface area contributed by atoms with Gasteiger partial charge in [-0.15, -0.1) is 0 Å². The summed E-state index contributed by atoms with van der Waals surface area (Å²) in [6, 6.07) is 0. The van der Waals surface area contributed by atoms with E-state index in [4.69, 9.17) is 5.11 Å². The van der Waals surface area contributed by atoms with Gasteiger partial charge in [0, 0.05) is 6.42 Å². The highest BCUT2D eigenvalue weighted by Gasteiger charge is 2.15. The highest BCUT2D eigenvalue weighted by Crippen LogP contribution is 2.19. The quantitative estimate of drug-likeness (QED) is 0.691. The number of carbonyl (C=O) groups is 1. The summed E-state index contributed by atoms with van der Waals surface area (Å²) < 4.78 is 0. The smallest absolute Gasteiger partial charge is 0.303 e. The van der Waals surface area contributed by atoms with E-state index in [9.17, 15) is 10.0 Å². The Bertz CT molecular complexity index is 160. The molecule has 4 heteroatoms. The first-order chi connectivity index (χ1) is 5.68. The van der Waals surface area contributed by atoms with Crippen LogP contribution in [0.1, 0.15) is 25.7 Å². The number of piperidine rings is 1. The van der Waals surface area contributed by atoms with Gasteiger partial charge in [0.25, 0.3) is 0 Å². The molecule has 0 saturated carbocycles. The van der Waals surface area contributed by atoms with Crippen molar-refractivity contribution in [1.82, 2.24) is 5.06 Å². The van der Waals surface area contributed by atoms with Gasteiger partial charge in [-0.2, -0.15) is 0 Å². The lowest BCUT2D eigenvalue weighted by Gasteiger charge is -2.37. The predicted octanol–water partition coefficient (Wildman–Crippen LogP) is 1.06. The fourth-order valence-electron chi connectivity index (χ4n) is 1.59. The van der Waals surface area contributed by atoms with Crippen LogP contribution in [0.2, 0.25) is 0 Å². The Labute approximate surface area is 71.8 Å². The molecule has 1 aliphatic heterocycles. The first kappa shape index (κ1) is 9.48. The molecule has 1 aliphatic rings. The second-order valence-corrected chi connectivity index (χ2v) is 3.33. The standard InChI is InChI=1S/C8H14NO3/c10-8(11)4-3-7-2-1-5-9(12)6-7/h7H,1-6H2,(H,10,11)/q-1. The zero-order chi connectivity index (χ0) is 8.97. The fourth-order valence-corrected chi connectivity index (χ4v) is 1.59. The molecule has 0 aliphatic carbocycles. The van der Waals surface area contributed by atoms with Gasteiger partial charge in [-0.05, 0) is 38.3 Å². The molecule has 0 aromatic carbocycles. The molecule has 1 rings (SSSR count). The number of aliphatic carboxylic acids is 1. The van der Waals surface area contributed by atoms with E-state index in [1.165, 1.54) is 0 Å². The molecule has 0 aromatic rings. The lowest BCUT2D eigenvalue weighted by Crippen LogP contribution is -2.30. The molecule has 1 N–H and O–H groups in total. The Morgan fingerprint density at radius 3 is 3.00 bits per heavy atom. The summed E-state index contributed by atoms with van der Waals surface area (Å²) in [6.07, 6.45) is 2.76. The Morgan fingerprint density at radius 2 is 2.42 bits per heavy atom. The molecule has 12 heavy (non-hydrogen) atoms. The van der Waals surface area contributed by atoms with Crippen LogP contribution in [0, 0.1) is 11.1 Å². The molecule has 1 saturated heterocycles. The van der Waals surface area contributed by atoms with Gasteiger partial charge in [-0.25, -0.2) is 0 Å². The summed E-state index contributed by atoms with van der Waals surface area (Å²) in [5.41, 5.74) is 0. The monoisotopic (exact) mass is 172 g/mol. The molecule has 1 fully saturated rings. The van der Waals surface area contributed by atoms with E-state index in [0.29, 0.717) is 25.4 Å². The second kappa shape index (κ2) is 4.42. The molecule has 0 radical (unpaired) electrons. The van der Waals surface area contributed by atoms with Gasteiger partial charge >= 0.3 is 5.97 Å². The molecule has 4 nitrogen and oxygen atoms in total. The molecule has 0 bridgehead atoms. The number of carboxylic acid groups (broad SMARTS) is 1. The van der Waals surface area contributed by atoms with Gasteiger partial charge in [0.1, 0.15) is 0 Å². The van der Waals surface area contributed by atoms with E-state index in [1.807, 2.05) is 0 Å². The Kier molecular flexibility index (Phi) is 3.49. The first-order valence-electron chi connectivity index (χ1n) is 4.32. The largest absolute Gasteiger partial charge is 0.785 e. The molecule has 1 atom stereocenters. The van der Waals surface area contributed by atoms with Crippen LogP contribution in [0.15, 0.2) is 0 Å². The van der Waals surface area contributed by atoms with Crippen LogP contribution in [0.5, 0.6) is 0 Å². The number of hydroxylamine groups is 2. The van der Waals surface area contributed by atoms with Crippen molar-refractivity contribution in [3.05, 3.63) is 5.21 Å². The molecule has 0 amide bonds. The van der Waals surface area contributed by atoms with E-state index < -0.39 is 5.97 Å². The lowest BCUT2D eigenvalue weighted by atomic mass is 9.94. The van der Waals surface area contributed by atoms with Gasteiger partial charge in [-0.1, -0.05) is 0 Å². The maximum atomic E-state index is 10.9. The maximum absolute atomic E-state index is 10.9. The van der Waals surface area contributed by atoms with Crippen molar-refractivity contribution < 1.29 is 9.90 Å². The fraction of sp³-hybridized carbons (Fsp3) is 0.875. The van der Waals surface area contributed by atoms with Crippen LogP contribution in [0.3, 0.4) is 0 Å². The number of rotatable bonds is 3. The zero-order valence-corrected chi connectivity index (χ0v) is 7.03. The summed E-state index contributed by atoms with van der Waals surface area (Å²) in [5, 5.41) is 20.3. The number of nitrogens with zero attached hydrogens (tertiary/aromatic N) is 1. The molecule has 0 aromatic heterocycles. The molecule has 0 spiro atoms.